The molecule has 0 fully saturated rings. The Bertz CT molecular complexity index is 754. The van der Waals surface area contributed by atoms with Gasteiger partial charge in [0, 0.05) is 6.21 Å². The van der Waals surface area contributed by atoms with Crippen molar-refractivity contribution in [2.45, 2.75) is 5.92 Å². The zero-order chi connectivity index (χ0) is 14.3. The van der Waals surface area contributed by atoms with Gasteiger partial charge in [0.1, 0.15) is 5.75 Å². The maximum atomic E-state index is 12.1. The van der Waals surface area contributed by atoms with Crippen LogP contribution in [-0.2, 0) is 4.79 Å². The molecule has 1 amide bonds. The number of carbonyl (C=O) groups excluding carboxylic acids is 1. The fraction of sp³-hybridized carbons (Fsp3) is 0.133. The summed E-state index contributed by atoms with van der Waals surface area (Å²) in [4.78, 5) is 15.9. The number of aliphatic imine (C=N–C) groups is 1. The number of nitrogens with zero attached hydrogens (tertiary/aromatic N) is 2. The molecular weight excluding hydrogens is 320 g/mol. The quantitative estimate of drug-likeness (QED) is 0.796. The SMILES string of the molecule is COc1cc2c(cc1Br)C(C#N)=CC1=CC=NC(=O)C12. The molecule has 0 aromatic heterocycles. The number of dihydropyridines is 1. The van der Waals surface area contributed by atoms with Crippen LogP contribution in [0.4, 0.5) is 0 Å². The van der Waals surface area contributed by atoms with Crippen molar-refractivity contribution in [1.82, 2.24) is 0 Å². The second-order valence-corrected chi connectivity index (χ2v) is 5.31. The molecule has 0 radical (unpaired) electrons. The largest absolute Gasteiger partial charge is 0.496 e. The molecule has 1 aliphatic heterocycles. The second-order valence-electron chi connectivity index (χ2n) is 4.46. The number of carbonyl (C=O) groups is 1. The van der Waals surface area contributed by atoms with Crippen molar-refractivity contribution in [3.05, 3.63) is 45.5 Å². The van der Waals surface area contributed by atoms with Crippen LogP contribution < -0.4 is 4.74 Å². The third kappa shape index (κ3) is 1.81. The van der Waals surface area contributed by atoms with Crippen molar-refractivity contribution >= 4 is 33.6 Å². The predicted molar refractivity (Wildman–Crippen MR) is 78.6 cm³/mol. The molecule has 0 spiro atoms. The smallest absolute Gasteiger partial charge is 0.257 e. The Kier molecular flexibility index (Phi) is 3.03. The Morgan fingerprint density at radius 1 is 1.45 bits per heavy atom. The van der Waals surface area contributed by atoms with Crippen molar-refractivity contribution in [3.63, 3.8) is 0 Å². The number of hydrogen-bond acceptors (Lipinski definition) is 3. The average molecular weight is 329 g/mol. The molecule has 1 aliphatic carbocycles. The first-order valence-corrected chi connectivity index (χ1v) is 6.72. The first kappa shape index (κ1) is 12.8. The number of methoxy groups -OCH3 is 1. The van der Waals surface area contributed by atoms with Crippen LogP contribution in [0.2, 0.25) is 0 Å². The van der Waals surface area contributed by atoms with Crippen LogP contribution >= 0.6 is 15.9 Å². The van der Waals surface area contributed by atoms with E-state index in [1.54, 1.807) is 25.3 Å². The molecule has 4 nitrogen and oxygen atoms in total. The fourth-order valence-corrected chi connectivity index (χ4v) is 2.99. The van der Waals surface area contributed by atoms with Crippen LogP contribution in [0, 0.1) is 11.3 Å². The third-order valence-corrected chi connectivity index (χ3v) is 4.03. The van der Waals surface area contributed by atoms with Crippen molar-refractivity contribution < 1.29 is 9.53 Å². The van der Waals surface area contributed by atoms with E-state index >= 15 is 0 Å². The Labute approximate surface area is 124 Å². The summed E-state index contributed by atoms with van der Waals surface area (Å²) >= 11 is 3.40. The number of nitriles is 1. The van der Waals surface area contributed by atoms with Gasteiger partial charge in [0.05, 0.1) is 29.1 Å². The Hall–Kier alpha value is -2.19. The van der Waals surface area contributed by atoms with Crippen LogP contribution in [0.25, 0.3) is 5.57 Å². The van der Waals surface area contributed by atoms with E-state index < -0.39 is 5.92 Å². The number of ether oxygens (including phenoxy) is 1. The summed E-state index contributed by atoms with van der Waals surface area (Å²) in [5.74, 6) is -0.0416. The highest BCUT2D eigenvalue weighted by molar-refractivity contribution is 9.10. The van der Waals surface area contributed by atoms with Crippen molar-refractivity contribution in [2.24, 2.45) is 4.99 Å². The number of benzene rings is 1. The highest BCUT2D eigenvalue weighted by Crippen LogP contribution is 2.43. The van der Waals surface area contributed by atoms with Gasteiger partial charge < -0.3 is 4.74 Å². The zero-order valence-corrected chi connectivity index (χ0v) is 12.1. The first-order valence-electron chi connectivity index (χ1n) is 5.93. The Morgan fingerprint density at radius 2 is 2.25 bits per heavy atom. The van der Waals surface area contributed by atoms with Crippen LogP contribution in [0.15, 0.2) is 39.3 Å². The van der Waals surface area contributed by atoms with E-state index in [1.165, 1.54) is 6.21 Å². The molecule has 1 atom stereocenters. The van der Waals surface area contributed by atoms with E-state index in [-0.39, 0.29) is 5.91 Å². The van der Waals surface area contributed by atoms with Crippen molar-refractivity contribution in [3.8, 4) is 11.8 Å². The summed E-state index contributed by atoms with van der Waals surface area (Å²) in [6.07, 6.45) is 4.98. The number of rotatable bonds is 1. The van der Waals surface area contributed by atoms with Gasteiger partial charge in [-0.1, -0.05) is 0 Å². The molecule has 2 aliphatic rings. The summed E-state index contributed by atoms with van der Waals surface area (Å²) in [5, 5.41) is 9.30. The number of allylic oxidation sites excluding steroid dienone is 3. The van der Waals surface area contributed by atoms with Gasteiger partial charge in [0.15, 0.2) is 0 Å². The van der Waals surface area contributed by atoms with E-state index in [4.69, 9.17) is 4.74 Å². The van der Waals surface area contributed by atoms with E-state index in [0.717, 1.165) is 21.2 Å². The summed E-state index contributed by atoms with van der Waals surface area (Å²) in [5.41, 5.74) is 2.83. The molecule has 20 heavy (non-hydrogen) atoms. The Morgan fingerprint density at radius 3 is 2.95 bits per heavy atom. The van der Waals surface area contributed by atoms with Crippen molar-refractivity contribution in [1.29, 1.82) is 5.26 Å². The van der Waals surface area contributed by atoms with Crippen LogP contribution in [-0.4, -0.2) is 19.2 Å². The lowest BCUT2D eigenvalue weighted by molar-refractivity contribution is -0.118. The van der Waals surface area contributed by atoms with Gasteiger partial charge in [0.25, 0.3) is 5.91 Å². The van der Waals surface area contributed by atoms with Gasteiger partial charge in [-0.05, 0) is 56.9 Å². The monoisotopic (exact) mass is 328 g/mol. The molecule has 1 aromatic carbocycles. The van der Waals surface area contributed by atoms with E-state index in [2.05, 4.69) is 27.0 Å². The zero-order valence-electron chi connectivity index (χ0n) is 10.6. The Balaban J connectivity index is 2.30. The van der Waals surface area contributed by atoms with Gasteiger partial charge in [-0.3, -0.25) is 4.79 Å². The number of halogens is 1. The summed E-state index contributed by atoms with van der Waals surface area (Å²) < 4.78 is 6.03. The molecule has 0 N–H and O–H groups in total. The maximum absolute atomic E-state index is 12.1. The first-order chi connectivity index (χ1) is 9.65. The van der Waals surface area contributed by atoms with Crippen LogP contribution in [0.3, 0.4) is 0 Å². The summed E-state index contributed by atoms with van der Waals surface area (Å²) in [7, 11) is 1.56. The van der Waals surface area contributed by atoms with Gasteiger partial charge in [0.2, 0.25) is 0 Å². The topological polar surface area (TPSA) is 62.4 Å². The predicted octanol–water partition coefficient (Wildman–Crippen LogP) is 3.00. The van der Waals surface area contributed by atoms with E-state index in [0.29, 0.717) is 11.3 Å². The van der Waals surface area contributed by atoms with Gasteiger partial charge in [-0.2, -0.15) is 5.26 Å². The standard InChI is InChI=1S/C15H9BrN2O2/c1-20-13-6-11-10(5-12(13)16)9(7-17)4-8-2-3-18-15(19)14(8)11/h2-6,14H,1H3. The minimum absolute atomic E-state index is 0.221. The van der Waals surface area contributed by atoms with Crippen molar-refractivity contribution in [2.75, 3.05) is 7.11 Å². The molecular formula is C15H9BrN2O2. The van der Waals surface area contributed by atoms with Crippen LogP contribution in [0.1, 0.15) is 17.0 Å². The number of hydrogen-bond donors (Lipinski definition) is 0. The van der Waals surface area contributed by atoms with E-state index in [9.17, 15) is 10.1 Å². The lowest BCUT2D eigenvalue weighted by atomic mass is 9.78. The molecule has 5 heteroatoms. The second kappa shape index (κ2) is 4.73. The number of fused-ring (bicyclic) bond motifs is 3. The summed E-state index contributed by atoms with van der Waals surface area (Å²) in [6.45, 7) is 0. The summed E-state index contributed by atoms with van der Waals surface area (Å²) in [6, 6.07) is 5.78. The molecule has 0 saturated heterocycles. The lowest BCUT2D eigenvalue weighted by Crippen LogP contribution is -2.20. The normalized spacial score (nSPS) is 19.4. The molecule has 3 rings (SSSR count). The molecule has 98 valence electrons. The number of amides is 1. The molecule has 1 unspecified atom stereocenters. The minimum Gasteiger partial charge on any atom is -0.496 e. The molecule has 0 bridgehead atoms. The molecule has 0 saturated carbocycles. The highest BCUT2D eigenvalue weighted by atomic mass is 79.9. The molecule has 1 aromatic rings. The van der Waals surface area contributed by atoms with Gasteiger partial charge in [-0.25, -0.2) is 4.99 Å². The fourth-order valence-electron chi connectivity index (χ4n) is 2.49. The van der Waals surface area contributed by atoms with Gasteiger partial charge in [-0.15, -0.1) is 0 Å². The minimum atomic E-state index is -0.450. The average Bonchev–Trinajstić information content (AvgIpc) is 2.45. The van der Waals surface area contributed by atoms with Gasteiger partial charge >= 0.3 is 0 Å². The lowest BCUT2D eigenvalue weighted by Gasteiger charge is -2.26. The maximum Gasteiger partial charge on any atom is 0.257 e. The third-order valence-electron chi connectivity index (χ3n) is 3.41. The van der Waals surface area contributed by atoms with E-state index in [1.807, 2.05) is 6.07 Å². The van der Waals surface area contributed by atoms with Crippen LogP contribution in [0.5, 0.6) is 5.75 Å². The highest BCUT2D eigenvalue weighted by Gasteiger charge is 2.33. The molecule has 1 heterocycles.